The van der Waals surface area contributed by atoms with Crippen molar-refractivity contribution in [3.8, 4) is 11.5 Å². The fourth-order valence-corrected chi connectivity index (χ4v) is 4.92. The minimum atomic E-state index is -0.164. The van der Waals surface area contributed by atoms with Crippen LogP contribution in [0.4, 0.5) is 0 Å². The Morgan fingerprint density at radius 3 is 2.79 bits per heavy atom. The third-order valence-electron chi connectivity index (χ3n) is 6.67. The molecular weight excluding hydrogens is 432 g/mol. The van der Waals surface area contributed by atoms with Gasteiger partial charge in [0.1, 0.15) is 17.0 Å². The molecule has 3 aromatic rings. The normalized spacial score (nSPS) is 19.7. The lowest BCUT2D eigenvalue weighted by molar-refractivity contribution is -0.117. The number of hydrogen-bond donors (Lipinski definition) is 3. The molecule has 0 bridgehead atoms. The van der Waals surface area contributed by atoms with Crippen LogP contribution in [-0.2, 0) is 9.59 Å². The second-order valence-corrected chi connectivity index (χ2v) is 8.88. The smallest absolute Gasteiger partial charge is 0.243 e. The Bertz CT molecular complexity index is 1400. The summed E-state index contributed by atoms with van der Waals surface area (Å²) in [7, 11) is 0. The quantitative estimate of drug-likeness (QED) is 0.407. The maximum absolute atomic E-state index is 11.7. The molecule has 9 nitrogen and oxygen atoms in total. The molecule has 1 aliphatic heterocycles. The van der Waals surface area contributed by atoms with Crippen LogP contribution in [0, 0.1) is 13.8 Å². The number of aryl methyl sites for hydroxylation is 2. The second kappa shape index (κ2) is 8.35. The Labute approximate surface area is 196 Å². The second-order valence-electron chi connectivity index (χ2n) is 8.88. The summed E-state index contributed by atoms with van der Waals surface area (Å²) in [5.41, 5.74) is 13.6. The van der Waals surface area contributed by atoms with E-state index < -0.39 is 0 Å². The van der Waals surface area contributed by atoms with Crippen molar-refractivity contribution in [3.05, 3.63) is 53.2 Å². The highest BCUT2D eigenvalue weighted by Gasteiger charge is 2.35. The summed E-state index contributed by atoms with van der Waals surface area (Å²) in [6.07, 6.45) is 4.47. The van der Waals surface area contributed by atoms with Gasteiger partial charge in [-0.3, -0.25) is 14.9 Å². The third kappa shape index (κ3) is 3.50. The number of carbonyl (C=O) groups excluding carboxylic acids is 2. The maximum atomic E-state index is 11.7. The molecule has 174 valence electrons. The molecule has 1 amide bonds. The SMILES string of the molecule is C=CC(=O)NC1CCC(n2nc3c(c2-c2oc4ccc(C)cc4c2C)C(N)=NNC3=C=O)CC1. The molecule has 5 rings (SSSR count). The lowest BCUT2D eigenvalue weighted by Crippen LogP contribution is -2.37. The van der Waals surface area contributed by atoms with Crippen LogP contribution in [0.5, 0.6) is 0 Å². The molecule has 1 aliphatic carbocycles. The van der Waals surface area contributed by atoms with Gasteiger partial charge in [-0.2, -0.15) is 10.2 Å². The van der Waals surface area contributed by atoms with Crippen molar-refractivity contribution < 1.29 is 14.0 Å². The number of benzene rings is 1. The molecule has 0 spiro atoms. The van der Waals surface area contributed by atoms with Gasteiger partial charge < -0.3 is 15.5 Å². The van der Waals surface area contributed by atoms with Crippen LogP contribution in [0.15, 0.2) is 40.4 Å². The molecule has 1 aromatic carbocycles. The van der Waals surface area contributed by atoms with Crippen molar-refractivity contribution in [1.29, 1.82) is 0 Å². The van der Waals surface area contributed by atoms with Crippen molar-refractivity contribution in [2.45, 2.75) is 51.6 Å². The summed E-state index contributed by atoms with van der Waals surface area (Å²) in [6, 6.07) is 6.18. The molecule has 2 aromatic heterocycles. The molecule has 0 unspecified atom stereocenters. The summed E-state index contributed by atoms with van der Waals surface area (Å²) in [6.45, 7) is 7.58. The van der Waals surface area contributed by atoms with E-state index in [0.29, 0.717) is 22.7 Å². The number of amides is 1. The van der Waals surface area contributed by atoms with E-state index in [0.717, 1.165) is 47.8 Å². The van der Waals surface area contributed by atoms with Gasteiger partial charge in [0.15, 0.2) is 23.2 Å². The molecule has 4 N–H and O–H groups in total. The number of rotatable bonds is 4. The van der Waals surface area contributed by atoms with Gasteiger partial charge in [0, 0.05) is 17.0 Å². The van der Waals surface area contributed by atoms with E-state index in [1.807, 2.05) is 36.6 Å². The van der Waals surface area contributed by atoms with Crippen molar-refractivity contribution in [2.75, 3.05) is 0 Å². The standard InChI is InChI=1S/C25H26N6O3/c1-4-20(33)27-15-6-8-16(9-7-15)31-23(21-22(30-31)18(12-32)28-29-25(21)26)24-14(3)17-11-13(2)5-10-19(17)34-24/h4-5,10-11,15-16,28H,1,6-9H2,2-3H3,(H2,26,29)(H,27,33). The first-order valence-corrected chi connectivity index (χ1v) is 11.3. The Morgan fingerprint density at radius 2 is 2.09 bits per heavy atom. The number of hydrogen-bond acceptors (Lipinski definition) is 7. The number of hydrazone groups is 1. The zero-order valence-electron chi connectivity index (χ0n) is 19.1. The molecule has 3 heterocycles. The van der Waals surface area contributed by atoms with Gasteiger partial charge in [-0.25, -0.2) is 4.79 Å². The number of furan rings is 1. The van der Waals surface area contributed by atoms with Crippen LogP contribution in [0.3, 0.4) is 0 Å². The molecule has 9 heteroatoms. The summed E-state index contributed by atoms with van der Waals surface area (Å²) in [4.78, 5) is 23.3. The predicted molar refractivity (Wildman–Crippen MR) is 130 cm³/mol. The first-order valence-electron chi connectivity index (χ1n) is 11.3. The first kappa shape index (κ1) is 21.7. The minimum Gasteiger partial charge on any atom is -0.454 e. The Morgan fingerprint density at radius 1 is 1.32 bits per heavy atom. The highest BCUT2D eigenvalue weighted by Crippen LogP contribution is 2.41. The number of nitrogens with two attached hydrogens (primary N) is 1. The predicted octanol–water partition coefficient (Wildman–Crippen LogP) is 3.10. The highest BCUT2D eigenvalue weighted by atomic mass is 16.3. The lowest BCUT2D eigenvalue weighted by atomic mass is 9.90. The molecule has 0 atom stereocenters. The summed E-state index contributed by atoms with van der Waals surface area (Å²) in [5.74, 6) is 2.61. The van der Waals surface area contributed by atoms with Gasteiger partial charge in [0.05, 0.1) is 11.6 Å². The molecule has 0 radical (unpaired) electrons. The third-order valence-corrected chi connectivity index (χ3v) is 6.67. The maximum Gasteiger partial charge on any atom is 0.243 e. The average molecular weight is 459 g/mol. The topological polar surface area (TPSA) is 128 Å². The summed E-state index contributed by atoms with van der Waals surface area (Å²) in [5, 5.41) is 12.9. The van der Waals surface area contributed by atoms with Crippen LogP contribution in [0.25, 0.3) is 28.1 Å². The van der Waals surface area contributed by atoms with Crippen LogP contribution >= 0.6 is 0 Å². The molecule has 34 heavy (non-hydrogen) atoms. The van der Waals surface area contributed by atoms with Gasteiger partial charge in [0.2, 0.25) is 5.91 Å². The van der Waals surface area contributed by atoms with E-state index in [1.54, 1.807) is 0 Å². The number of aromatic nitrogens is 2. The van der Waals surface area contributed by atoms with Gasteiger partial charge in [-0.05, 0) is 57.7 Å². The van der Waals surface area contributed by atoms with Gasteiger partial charge in [-0.1, -0.05) is 18.2 Å². The number of fused-ring (bicyclic) bond motifs is 2. The number of nitrogens with one attached hydrogen (secondary N) is 2. The van der Waals surface area contributed by atoms with E-state index in [2.05, 4.69) is 28.5 Å². The fourth-order valence-electron chi connectivity index (χ4n) is 4.92. The number of amidine groups is 1. The average Bonchev–Trinajstić information content (AvgIpc) is 3.38. The molecular formula is C25H26N6O3. The Hall–Kier alpha value is -4.10. The summed E-state index contributed by atoms with van der Waals surface area (Å²) >= 11 is 0. The van der Waals surface area contributed by atoms with E-state index in [-0.39, 0.29) is 29.5 Å². The van der Waals surface area contributed by atoms with Crippen molar-refractivity contribution in [1.82, 2.24) is 20.5 Å². The monoisotopic (exact) mass is 458 g/mol. The molecule has 2 aliphatic rings. The van der Waals surface area contributed by atoms with E-state index in [1.165, 1.54) is 6.08 Å². The number of nitrogens with zero attached hydrogens (tertiary/aromatic N) is 3. The minimum absolute atomic E-state index is 0.0348. The van der Waals surface area contributed by atoms with Crippen molar-refractivity contribution in [2.24, 2.45) is 10.8 Å². The largest absolute Gasteiger partial charge is 0.454 e. The van der Waals surface area contributed by atoms with E-state index in [9.17, 15) is 9.59 Å². The zero-order chi connectivity index (χ0) is 24.0. The Balaban J connectivity index is 1.63. The van der Waals surface area contributed by atoms with Gasteiger partial charge in [0.25, 0.3) is 0 Å². The van der Waals surface area contributed by atoms with Crippen LogP contribution in [0.2, 0.25) is 0 Å². The molecule has 1 saturated carbocycles. The fraction of sp³-hybridized carbons (Fsp3) is 0.320. The number of carbonyl (C=O) groups is 1. The Kier molecular flexibility index (Phi) is 5.34. The van der Waals surface area contributed by atoms with Crippen LogP contribution in [-0.4, -0.2) is 33.5 Å². The molecule has 0 saturated heterocycles. The van der Waals surface area contributed by atoms with Gasteiger partial charge >= 0.3 is 0 Å². The zero-order valence-corrected chi connectivity index (χ0v) is 19.1. The highest BCUT2D eigenvalue weighted by molar-refractivity contribution is 6.10. The first-order chi connectivity index (χ1) is 16.4. The van der Waals surface area contributed by atoms with Crippen LogP contribution < -0.4 is 16.5 Å². The van der Waals surface area contributed by atoms with Crippen LogP contribution in [0.1, 0.15) is 54.1 Å². The summed E-state index contributed by atoms with van der Waals surface area (Å²) < 4.78 is 8.25. The van der Waals surface area contributed by atoms with E-state index in [4.69, 9.17) is 15.2 Å². The van der Waals surface area contributed by atoms with Crippen molar-refractivity contribution in [3.63, 3.8) is 0 Å². The molecule has 1 fully saturated rings. The van der Waals surface area contributed by atoms with E-state index >= 15 is 0 Å². The lowest BCUT2D eigenvalue weighted by Gasteiger charge is -2.30. The van der Waals surface area contributed by atoms with Crippen molar-refractivity contribution >= 4 is 34.4 Å². The van der Waals surface area contributed by atoms with Gasteiger partial charge in [-0.15, -0.1) is 0 Å².